The summed E-state index contributed by atoms with van der Waals surface area (Å²) in [6, 6.07) is 9.59. The number of allylic oxidation sites excluding steroid dienone is 1. The van der Waals surface area contributed by atoms with Crippen molar-refractivity contribution >= 4 is 28.9 Å². The van der Waals surface area contributed by atoms with Crippen LogP contribution in [0, 0.1) is 0 Å². The van der Waals surface area contributed by atoms with Gasteiger partial charge in [0.2, 0.25) is 0 Å². The van der Waals surface area contributed by atoms with Crippen LogP contribution in [-0.2, 0) is 4.74 Å². The summed E-state index contributed by atoms with van der Waals surface area (Å²) in [5, 5.41) is 1.13. The first-order valence-electron chi connectivity index (χ1n) is 4.27. The molecular weight excluding hydrogens is 216 g/mol. The molecule has 0 N–H and O–H groups in total. The second kappa shape index (κ2) is 5.78. The van der Waals surface area contributed by atoms with Gasteiger partial charge in [-0.1, -0.05) is 48.0 Å². The lowest BCUT2D eigenvalue weighted by Gasteiger charge is -2.05. The largest absolute Gasteiger partial charge is 0.477 e. The van der Waals surface area contributed by atoms with Crippen molar-refractivity contribution in [2.45, 2.75) is 6.92 Å². The Morgan fingerprint density at radius 1 is 1.43 bits per heavy atom. The molecule has 0 aliphatic heterocycles. The van der Waals surface area contributed by atoms with Crippen molar-refractivity contribution in [2.24, 2.45) is 0 Å². The Hall–Kier alpha value is -0.860. The van der Waals surface area contributed by atoms with Crippen LogP contribution in [0.5, 0.6) is 0 Å². The van der Waals surface area contributed by atoms with Crippen LogP contribution in [0.15, 0.2) is 41.4 Å². The summed E-state index contributed by atoms with van der Waals surface area (Å²) >= 11 is 10.9. The average molecular weight is 227 g/mol. The quantitative estimate of drug-likeness (QED) is 0.730. The van der Waals surface area contributed by atoms with Crippen molar-refractivity contribution in [3.8, 4) is 0 Å². The predicted molar refractivity (Wildman–Crippen MR) is 63.7 cm³/mol. The molecular formula is C11H11ClOS. The summed E-state index contributed by atoms with van der Waals surface area (Å²) in [6.45, 7) is 2.20. The summed E-state index contributed by atoms with van der Waals surface area (Å²) in [7, 11) is 0. The molecule has 1 aromatic carbocycles. The first kappa shape index (κ1) is 11.2. The molecule has 14 heavy (non-hydrogen) atoms. The summed E-state index contributed by atoms with van der Waals surface area (Å²) in [6.07, 6.45) is 1.79. The SMILES string of the molecule is CC=C(Cl)COC(=S)c1ccccc1. The summed E-state index contributed by atoms with van der Waals surface area (Å²) in [5.41, 5.74) is 0.906. The standard InChI is InChI=1S/C11H11ClOS/c1-2-10(12)8-13-11(14)9-6-4-3-5-7-9/h2-7H,8H2,1H3. The molecule has 0 aliphatic carbocycles. The zero-order chi connectivity index (χ0) is 10.4. The lowest BCUT2D eigenvalue weighted by Crippen LogP contribution is -2.04. The molecule has 0 heterocycles. The van der Waals surface area contributed by atoms with Crippen LogP contribution >= 0.6 is 23.8 Å². The van der Waals surface area contributed by atoms with Crippen molar-refractivity contribution in [2.75, 3.05) is 6.61 Å². The van der Waals surface area contributed by atoms with Gasteiger partial charge in [-0.3, -0.25) is 0 Å². The molecule has 74 valence electrons. The second-order valence-corrected chi connectivity index (χ2v) is 3.53. The summed E-state index contributed by atoms with van der Waals surface area (Å²) in [5.74, 6) is 0. The number of hydrogen-bond donors (Lipinski definition) is 0. The molecule has 0 saturated heterocycles. The van der Waals surface area contributed by atoms with Gasteiger partial charge in [0.25, 0.3) is 0 Å². The van der Waals surface area contributed by atoms with Gasteiger partial charge in [0.05, 0.1) is 5.03 Å². The number of thiocarbonyl (C=S) groups is 1. The van der Waals surface area contributed by atoms with Crippen LogP contribution in [0.1, 0.15) is 12.5 Å². The van der Waals surface area contributed by atoms with E-state index in [0.717, 1.165) is 5.56 Å². The number of rotatable bonds is 3. The van der Waals surface area contributed by atoms with Gasteiger partial charge in [-0.05, 0) is 19.1 Å². The molecule has 0 bridgehead atoms. The monoisotopic (exact) mass is 226 g/mol. The predicted octanol–water partition coefficient (Wildman–Crippen LogP) is 3.52. The minimum atomic E-state index is 0.339. The Kier molecular flexibility index (Phi) is 4.63. The Balaban J connectivity index is 2.52. The van der Waals surface area contributed by atoms with E-state index in [1.807, 2.05) is 37.3 Å². The van der Waals surface area contributed by atoms with Gasteiger partial charge in [0, 0.05) is 5.56 Å². The summed E-state index contributed by atoms with van der Waals surface area (Å²) in [4.78, 5) is 0. The van der Waals surface area contributed by atoms with Crippen LogP contribution in [0.2, 0.25) is 0 Å². The smallest absolute Gasteiger partial charge is 0.191 e. The highest BCUT2D eigenvalue weighted by molar-refractivity contribution is 7.80. The van der Waals surface area contributed by atoms with Gasteiger partial charge in [-0.2, -0.15) is 0 Å². The highest BCUT2D eigenvalue weighted by Gasteiger charge is 2.01. The van der Waals surface area contributed by atoms with E-state index in [9.17, 15) is 0 Å². The zero-order valence-corrected chi connectivity index (χ0v) is 9.44. The molecule has 0 spiro atoms. The molecule has 0 amide bonds. The normalized spacial score (nSPS) is 11.1. The Morgan fingerprint density at radius 2 is 2.07 bits per heavy atom. The van der Waals surface area contributed by atoms with Crippen LogP contribution in [0.4, 0.5) is 0 Å². The molecule has 0 aromatic heterocycles. The fraction of sp³-hybridized carbons (Fsp3) is 0.182. The average Bonchev–Trinajstić information content (AvgIpc) is 2.26. The van der Waals surface area contributed by atoms with Crippen LogP contribution in [-0.4, -0.2) is 11.7 Å². The molecule has 0 radical (unpaired) electrons. The Morgan fingerprint density at radius 3 is 2.64 bits per heavy atom. The van der Waals surface area contributed by atoms with Gasteiger partial charge in [-0.15, -0.1) is 0 Å². The van der Waals surface area contributed by atoms with E-state index in [1.165, 1.54) is 0 Å². The molecule has 0 fully saturated rings. The fourth-order valence-corrected chi connectivity index (χ4v) is 1.12. The minimum Gasteiger partial charge on any atom is -0.477 e. The van der Waals surface area contributed by atoms with Crippen molar-refractivity contribution in [1.82, 2.24) is 0 Å². The fourth-order valence-electron chi connectivity index (χ4n) is 0.875. The molecule has 0 aliphatic rings. The number of halogens is 1. The number of ether oxygens (including phenoxy) is 1. The Bertz CT molecular complexity index is 332. The van der Waals surface area contributed by atoms with E-state index < -0.39 is 0 Å². The van der Waals surface area contributed by atoms with Gasteiger partial charge in [0.1, 0.15) is 6.61 Å². The molecule has 0 saturated carbocycles. The molecule has 0 unspecified atom stereocenters. The topological polar surface area (TPSA) is 9.23 Å². The third kappa shape index (κ3) is 3.48. The van der Waals surface area contributed by atoms with Gasteiger partial charge < -0.3 is 4.74 Å². The highest BCUT2D eigenvalue weighted by atomic mass is 35.5. The van der Waals surface area contributed by atoms with Gasteiger partial charge in [-0.25, -0.2) is 0 Å². The lowest BCUT2D eigenvalue weighted by atomic mass is 10.2. The van der Waals surface area contributed by atoms with Crippen molar-refractivity contribution in [3.05, 3.63) is 47.0 Å². The van der Waals surface area contributed by atoms with Crippen LogP contribution in [0.25, 0.3) is 0 Å². The van der Waals surface area contributed by atoms with E-state index in [4.69, 9.17) is 28.6 Å². The number of hydrogen-bond acceptors (Lipinski definition) is 2. The zero-order valence-electron chi connectivity index (χ0n) is 7.87. The van der Waals surface area contributed by atoms with Crippen LogP contribution in [0.3, 0.4) is 0 Å². The van der Waals surface area contributed by atoms with Crippen molar-refractivity contribution in [1.29, 1.82) is 0 Å². The molecule has 1 rings (SSSR count). The third-order valence-corrected chi connectivity index (χ3v) is 2.34. The summed E-state index contributed by atoms with van der Waals surface area (Å²) < 4.78 is 5.31. The molecule has 1 aromatic rings. The van der Waals surface area contributed by atoms with Crippen molar-refractivity contribution < 1.29 is 4.74 Å². The maximum Gasteiger partial charge on any atom is 0.191 e. The molecule has 3 heteroatoms. The minimum absolute atomic E-state index is 0.339. The maximum atomic E-state index is 5.77. The van der Waals surface area contributed by atoms with Gasteiger partial charge >= 0.3 is 0 Å². The highest BCUT2D eigenvalue weighted by Crippen LogP contribution is 2.06. The van der Waals surface area contributed by atoms with E-state index in [0.29, 0.717) is 16.7 Å². The molecule has 1 nitrogen and oxygen atoms in total. The van der Waals surface area contributed by atoms with Crippen molar-refractivity contribution in [3.63, 3.8) is 0 Å². The van der Waals surface area contributed by atoms with Crippen LogP contribution < -0.4 is 0 Å². The Labute approximate surface area is 94.3 Å². The maximum absolute atomic E-state index is 5.77. The van der Waals surface area contributed by atoms with E-state index in [1.54, 1.807) is 6.08 Å². The third-order valence-electron chi connectivity index (χ3n) is 1.66. The van der Waals surface area contributed by atoms with E-state index >= 15 is 0 Å². The van der Waals surface area contributed by atoms with E-state index in [2.05, 4.69) is 0 Å². The lowest BCUT2D eigenvalue weighted by molar-refractivity contribution is 0.357. The first-order chi connectivity index (χ1) is 6.74. The second-order valence-electron chi connectivity index (χ2n) is 2.68. The van der Waals surface area contributed by atoms with Gasteiger partial charge in [0.15, 0.2) is 5.05 Å². The van der Waals surface area contributed by atoms with E-state index in [-0.39, 0.29) is 0 Å². The number of benzene rings is 1. The first-order valence-corrected chi connectivity index (χ1v) is 5.05. The molecule has 0 atom stereocenters.